The van der Waals surface area contributed by atoms with Crippen LogP contribution in [0.4, 0.5) is 14.5 Å². The molecule has 1 amide bonds. The number of thiophene rings is 1. The molecule has 2 aromatic heterocycles. The van der Waals surface area contributed by atoms with Gasteiger partial charge in [-0.25, -0.2) is 17.2 Å². The number of anilines is 1. The van der Waals surface area contributed by atoms with Gasteiger partial charge in [0.25, 0.3) is 5.91 Å². The molecule has 0 fully saturated rings. The Hall–Kier alpha value is -4.02. The second-order valence-electron chi connectivity index (χ2n) is 8.25. The number of carbonyl (C=O) groups is 1. The van der Waals surface area contributed by atoms with Gasteiger partial charge < -0.3 is 10.3 Å². The Balaban J connectivity index is 1.81. The maximum absolute atomic E-state index is 14.8. The average molecular weight is 524 g/mol. The first kappa shape index (κ1) is 23.7. The molecule has 36 heavy (non-hydrogen) atoms. The van der Waals surface area contributed by atoms with Crippen molar-refractivity contribution in [1.29, 1.82) is 0 Å². The van der Waals surface area contributed by atoms with E-state index in [1.54, 1.807) is 41.0 Å². The molecule has 0 atom stereocenters. The molecule has 0 saturated heterocycles. The van der Waals surface area contributed by atoms with Gasteiger partial charge in [-0.15, -0.1) is 11.3 Å². The van der Waals surface area contributed by atoms with E-state index in [-0.39, 0.29) is 11.3 Å². The number of primary amides is 1. The number of amides is 1. The summed E-state index contributed by atoms with van der Waals surface area (Å²) in [4.78, 5) is 13.3. The molecule has 0 aliphatic heterocycles. The summed E-state index contributed by atoms with van der Waals surface area (Å²) in [6, 6.07) is 18.9. The van der Waals surface area contributed by atoms with E-state index in [4.69, 9.17) is 5.73 Å². The van der Waals surface area contributed by atoms with Crippen molar-refractivity contribution in [1.82, 2.24) is 4.57 Å². The van der Waals surface area contributed by atoms with Gasteiger partial charge in [0.05, 0.1) is 17.5 Å². The minimum atomic E-state index is -3.54. The monoisotopic (exact) mass is 523 g/mol. The Morgan fingerprint density at radius 3 is 2.42 bits per heavy atom. The summed E-state index contributed by atoms with van der Waals surface area (Å²) < 4.78 is 56.0. The van der Waals surface area contributed by atoms with Gasteiger partial charge >= 0.3 is 0 Å². The van der Waals surface area contributed by atoms with E-state index in [1.807, 2.05) is 23.6 Å². The molecule has 2 heterocycles. The van der Waals surface area contributed by atoms with Crippen LogP contribution >= 0.6 is 11.3 Å². The number of nitrogens with zero attached hydrogens (tertiary/aromatic N) is 1. The Morgan fingerprint density at radius 2 is 1.75 bits per heavy atom. The van der Waals surface area contributed by atoms with E-state index in [0.717, 1.165) is 22.8 Å². The molecule has 0 aliphatic rings. The highest BCUT2D eigenvalue weighted by Gasteiger charge is 2.19. The Labute approximate surface area is 209 Å². The van der Waals surface area contributed by atoms with Crippen LogP contribution in [0.15, 0.2) is 78.2 Å². The van der Waals surface area contributed by atoms with Crippen molar-refractivity contribution in [3.8, 4) is 27.3 Å². The van der Waals surface area contributed by atoms with E-state index < -0.39 is 27.6 Å². The average Bonchev–Trinajstić information content (AvgIpc) is 3.46. The van der Waals surface area contributed by atoms with Gasteiger partial charge in [-0.3, -0.25) is 9.52 Å². The van der Waals surface area contributed by atoms with Gasteiger partial charge in [0.1, 0.15) is 17.3 Å². The van der Waals surface area contributed by atoms with Crippen molar-refractivity contribution in [3.63, 3.8) is 0 Å². The lowest BCUT2D eigenvalue weighted by atomic mass is 10.0. The number of rotatable bonds is 6. The number of halogens is 2. The second kappa shape index (κ2) is 8.89. The van der Waals surface area contributed by atoms with Gasteiger partial charge in [0.2, 0.25) is 10.0 Å². The largest absolute Gasteiger partial charge is 0.364 e. The Bertz CT molecular complexity index is 1740. The highest BCUT2D eigenvalue weighted by molar-refractivity contribution is 7.92. The first-order valence-corrected chi connectivity index (χ1v) is 13.4. The predicted molar refractivity (Wildman–Crippen MR) is 139 cm³/mol. The fourth-order valence-electron chi connectivity index (χ4n) is 4.14. The first-order valence-electron chi connectivity index (χ1n) is 10.7. The Morgan fingerprint density at radius 1 is 0.972 bits per heavy atom. The fraction of sp³-hybridized carbons (Fsp3) is 0.0385. The standard InChI is InChI=1S/C26H19F2N3O3S2/c1-36(33,34)30-19-6-4-15-12-24(26(29)32)31(23(15)14-19)20-10-16(21-7-5-18(27)13-22(21)28)9-17(11-20)25-3-2-8-35-25/h2-14,30H,1H3,(H2,29,32). The molecule has 0 unspecified atom stereocenters. The van der Waals surface area contributed by atoms with Gasteiger partial charge in [0.15, 0.2) is 0 Å². The van der Waals surface area contributed by atoms with Crippen molar-refractivity contribution < 1.29 is 22.0 Å². The minimum absolute atomic E-state index is 0.162. The van der Waals surface area contributed by atoms with Crippen LogP contribution < -0.4 is 10.5 Å². The van der Waals surface area contributed by atoms with Crippen LogP contribution in [0.1, 0.15) is 10.5 Å². The maximum Gasteiger partial charge on any atom is 0.265 e. The summed E-state index contributed by atoms with van der Waals surface area (Å²) in [7, 11) is -3.54. The molecule has 5 rings (SSSR count). The van der Waals surface area contributed by atoms with E-state index in [9.17, 15) is 22.0 Å². The molecular formula is C26H19F2N3O3S2. The molecule has 3 N–H and O–H groups in total. The van der Waals surface area contributed by atoms with Crippen LogP contribution in [-0.4, -0.2) is 25.1 Å². The van der Waals surface area contributed by atoms with Crippen LogP contribution in [0.25, 0.3) is 38.2 Å². The second-order valence-corrected chi connectivity index (χ2v) is 10.9. The fourth-order valence-corrected chi connectivity index (χ4v) is 5.41. The number of nitrogens with two attached hydrogens (primary N) is 1. The molecule has 182 valence electrons. The summed E-state index contributed by atoms with van der Waals surface area (Å²) in [6.45, 7) is 0. The van der Waals surface area contributed by atoms with Crippen LogP contribution in [0.5, 0.6) is 0 Å². The van der Waals surface area contributed by atoms with Gasteiger partial charge in [-0.1, -0.05) is 12.1 Å². The number of nitrogens with one attached hydrogen (secondary N) is 1. The third-order valence-electron chi connectivity index (χ3n) is 5.58. The number of carbonyl (C=O) groups excluding carboxylic acids is 1. The third-order valence-corrected chi connectivity index (χ3v) is 7.11. The molecule has 0 radical (unpaired) electrons. The molecule has 3 aromatic carbocycles. The molecule has 6 nitrogen and oxygen atoms in total. The number of hydrogen-bond acceptors (Lipinski definition) is 4. The summed E-state index contributed by atoms with van der Waals surface area (Å²) in [5.74, 6) is -2.11. The van der Waals surface area contributed by atoms with Crippen molar-refractivity contribution in [2.45, 2.75) is 0 Å². The molecule has 0 aliphatic carbocycles. The SMILES string of the molecule is CS(=O)(=O)Nc1ccc2cc(C(N)=O)n(-c3cc(-c4cccs4)cc(-c4ccc(F)cc4F)c3)c2c1. The van der Waals surface area contributed by atoms with Crippen LogP contribution in [0, 0.1) is 11.6 Å². The lowest BCUT2D eigenvalue weighted by Gasteiger charge is -2.15. The number of hydrogen-bond donors (Lipinski definition) is 2. The lowest BCUT2D eigenvalue weighted by molar-refractivity contribution is 0.0994. The first-order chi connectivity index (χ1) is 17.1. The quantitative estimate of drug-likeness (QED) is 0.296. The minimum Gasteiger partial charge on any atom is -0.364 e. The van der Waals surface area contributed by atoms with Crippen LogP contribution in [0.2, 0.25) is 0 Å². The van der Waals surface area contributed by atoms with Gasteiger partial charge in [-0.05, 0) is 71.1 Å². The third kappa shape index (κ3) is 4.60. The molecular weight excluding hydrogens is 504 g/mol. The zero-order valence-corrected chi connectivity index (χ0v) is 20.5. The smallest absolute Gasteiger partial charge is 0.265 e. The summed E-state index contributed by atoms with van der Waals surface area (Å²) in [6.07, 6.45) is 1.04. The van der Waals surface area contributed by atoms with Gasteiger partial charge in [-0.2, -0.15) is 0 Å². The zero-order valence-electron chi connectivity index (χ0n) is 18.8. The van der Waals surface area contributed by atoms with Gasteiger partial charge in [0, 0.05) is 27.6 Å². The van der Waals surface area contributed by atoms with Crippen molar-refractivity contribution in [2.75, 3.05) is 11.0 Å². The van der Waals surface area contributed by atoms with E-state index in [0.29, 0.717) is 27.8 Å². The summed E-state index contributed by atoms with van der Waals surface area (Å²) in [5, 5.41) is 2.56. The van der Waals surface area contributed by atoms with E-state index in [1.165, 1.54) is 23.5 Å². The van der Waals surface area contributed by atoms with Crippen LogP contribution in [0.3, 0.4) is 0 Å². The molecule has 10 heteroatoms. The molecule has 5 aromatic rings. The number of benzene rings is 3. The molecule has 0 bridgehead atoms. The highest BCUT2D eigenvalue weighted by Crippen LogP contribution is 2.36. The normalized spacial score (nSPS) is 11.6. The summed E-state index contributed by atoms with van der Waals surface area (Å²) >= 11 is 1.48. The molecule has 0 saturated carbocycles. The lowest BCUT2D eigenvalue weighted by Crippen LogP contribution is -2.16. The van der Waals surface area contributed by atoms with Crippen LogP contribution in [-0.2, 0) is 10.0 Å². The summed E-state index contributed by atoms with van der Waals surface area (Å²) in [5.41, 5.74) is 8.60. The molecule has 0 spiro atoms. The zero-order chi connectivity index (χ0) is 25.6. The predicted octanol–water partition coefficient (Wildman–Crippen LogP) is 5.77. The maximum atomic E-state index is 14.8. The Kier molecular flexibility index (Phi) is 5.85. The topological polar surface area (TPSA) is 94.2 Å². The number of fused-ring (bicyclic) bond motifs is 1. The van der Waals surface area contributed by atoms with E-state index >= 15 is 0 Å². The van der Waals surface area contributed by atoms with Crippen molar-refractivity contribution >= 4 is 43.9 Å². The number of aromatic nitrogens is 1. The van der Waals surface area contributed by atoms with E-state index in [2.05, 4.69) is 4.72 Å². The van der Waals surface area contributed by atoms with Crippen molar-refractivity contribution in [2.24, 2.45) is 5.73 Å². The number of sulfonamides is 1. The van der Waals surface area contributed by atoms with Crippen molar-refractivity contribution in [3.05, 3.63) is 95.5 Å². The highest BCUT2D eigenvalue weighted by atomic mass is 32.2.